The Balaban J connectivity index is 1.48. The molecule has 0 radical (unpaired) electrons. The minimum atomic E-state index is -1.02. The molecule has 7 nitrogen and oxygen atoms in total. The van der Waals surface area contributed by atoms with E-state index in [1.54, 1.807) is 0 Å². The molecule has 0 spiro atoms. The molecule has 24 heavy (non-hydrogen) atoms. The van der Waals surface area contributed by atoms with Crippen LogP contribution in [0.1, 0.15) is 28.3 Å². The molecule has 2 heterocycles. The lowest BCUT2D eigenvalue weighted by Crippen LogP contribution is -2.35. The summed E-state index contributed by atoms with van der Waals surface area (Å²) >= 11 is 1.46. The predicted molar refractivity (Wildman–Crippen MR) is 92.1 cm³/mol. The molecule has 1 saturated carbocycles. The first-order valence-electron chi connectivity index (χ1n) is 8.05. The van der Waals surface area contributed by atoms with E-state index >= 15 is 0 Å². The summed E-state index contributed by atoms with van der Waals surface area (Å²) < 4.78 is 5.52. The number of carbonyl (C=O) groups is 1. The Morgan fingerprint density at radius 1 is 1.54 bits per heavy atom. The number of nitrogens with zero attached hydrogens (tertiary/aromatic N) is 1. The lowest BCUT2D eigenvalue weighted by atomic mass is 9.77. The second-order valence-electron chi connectivity index (χ2n) is 6.11. The number of thioether (sulfide) groups is 1. The molecule has 2 atom stereocenters. The molecule has 0 amide bonds. The number of fused-ring (bicyclic) bond motifs is 3. The molecule has 126 valence electrons. The number of carboxylic acid groups (broad SMARTS) is 1. The van der Waals surface area contributed by atoms with E-state index in [0.29, 0.717) is 22.9 Å². The van der Waals surface area contributed by atoms with Crippen molar-refractivity contribution < 1.29 is 19.6 Å². The maximum Gasteiger partial charge on any atom is 0.526 e. The molecule has 0 unspecified atom stereocenters. The minimum absolute atomic E-state index is 0.113. The molecule has 3 aliphatic rings. The second kappa shape index (κ2) is 6.21. The Morgan fingerprint density at radius 2 is 2.42 bits per heavy atom. The highest BCUT2D eigenvalue weighted by atomic mass is 32.2. The highest BCUT2D eigenvalue weighted by Gasteiger charge is 2.54. The molecule has 2 aliphatic heterocycles. The molecule has 0 saturated heterocycles. The van der Waals surface area contributed by atoms with Crippen LogP contribution in [0.2, 0.25) is 5.82 Å². The van der Waals surface area contributed by atoms with Crippen LogP contribution in [0.15, 0.2) is 22.0 Å². The van der Waals surface area contributed by atoms with Gasteiger partial charge in [-0.15, -0.1) is 11.8 Å². The second-order valence-corrected chi connectivity index (χ2v) is 7.25. The largest absolute Gasteiger partial charge is 0.535 e. The van der Waals surface area contributed by atoms with Gasteiger partial charge in [-0.05, 0) is 24.0 Å². The normalized spacial score (nSPS) is 23.5. The molecule has 4 rings (SSSR count). The van der Waals surface area contributed by atoms with Crippen molar-refractivity contribution >= 4 is 30.8 Å². The van der Waals surface area contributed by atoms with Gasteiger partial charge in [-0.25, -0.2) is 4.79 Å². The quantitative estimate of drug-likeness (QED) is 0.354. The maximum atomic E-state index is 11.7. The first-order valence-corrected chi connectivity index (χ1v) is 9.03. The van der Waals surface area contributed by atoms with E-state index in [1.807, 2.05) is 12.1 Å². The lowest BCUT2D eigenvalue weighted by Gasteiger charge is -2.22. The summed E-state index contributed by atoms with van der Waals surface area (Å²) in [4.78, 5) is 16.7. The summed E-state index contributed by atoms with van der Waals surface area (Å²) in [6.45, 7) is 2.32. The van der Waals surface area contributed by atoms with Crippen LogP contribution in [-0.4, -0.2) is 54.6 Å². The zero-order valence-corrected chi connectivity index (χ0v) is 13.8. The fourth-order valence-electron chi connectivity index (χ4n) is 3.26. The van der Waals surface area contributed by atoms with Gasteiger partial charge < -0.3 is 25.4 Å². The third kappa shape index (κ3) is 2.82. The van der Waals surface area contributed by atoms with Crippen LogP contribution in [0.3, 0.4) is 0 Å². The zero-order valence-electron chi connectivity index (χ0n) is 13.0. The molecule has 1 aliphatic carbocycles. The number of guanidine groups is 1. The molecule has 0 aromatic heterocycles. The van der Waals surface area contributed by atoms with Crippen molar-refractivity contribution in [2.75, 3.05) is 25.4 Å². The standard InChI is InChI=1S/C15H18BN3O4S/c20-14(21)12-11(24-6-5-19-15-17-3-4-18-15)2-1-8-9-7-10(9)16(22)23-13(8)12/h1-2,9-10,22H,3-7H2,(H,20,21)(H2,17,18,19)/t9-,10-/m1/s1. The molecule has 1 aromatic rings. The van der Waals surface area contributed by atoms with Crippen LogP contribution in [0.25, 0.3) is 0 Å². The van der Waals surface area contributed by atoms with Gasteiger partial charge in [0.15, 0.2) is 5.96 Å². The van der Waals surface area contributed by atoms with Crippen molar-refractivity contribution in [3.8, 4) is 5.75 Å². The van der Waals surface area contributed by atoms with Crippen molar-refractivity contribution in [3.63, 3.8) is 0 Å². The third-order valence-corrected chi connectivity index (χ3v) is 5.59. The van der Waals surface area contributed by atoms with Crippen LogP contribution >= 0.6 is 11.8 Å². The minimum Gasteiger partial charge on any atom is -0.535 e. The van der Waals surface area contributed by atoms with Crippen molar-refractivity contribution in [1.29, 1.82) is 0 Å². The number of benzene rings is 1. The first kappa shape index (κ1) is 15.7. The van der Waals surface area contributed by atoms with Crippen LogP contribution in [0.5, 0.6) is 5.75 Å². The smallest absolute Gasteiger partial charge is 0.526 e. The Bertz CT molecular complexity index is 714. The number of hydrogen-bond donors (Lipinski definition) is 4. The van der Waals surface area contributed by atoms with Gasteiger partial charge in [0.25, 0.3) is 0 Å². The molecular weight excluding hydrogens is 329 g/mol. The summed E-state index contributed by atoms with van der Waals surface area (Å²) in [7, 11) is -0.894. The number of rotatable bonds is 5. The molecule has 1 fully saturated rings. The Labute approximate surface area is 144 Å². The molecule has 4 N–H and O–H groups in total. The van der Waals surface area contributed by atoms with Crippen molar-refractivity contribution in [3.05, 3.63) is 23.3 Å². The summed E-state index contributed by atoms with van der Waals surface area (Å²) in [6, 6.07) is 3.80. The van der Waals surface area contributed by atoms with Gasteiger partial charge in [0, 0.05) is 29.6 Å². The number of aromatic carboxylic acids is 1. The van der Waals surface area contributed by atoms with Gasteiger partial charge in [-0.2, -0.15) is 0 Å². The lowest BCUT2D eigenvalue weighted by molar-refractivity contribution is 0.0690. The number of carboxylic acids is 1. The molecule has 9 heteroatoms. The van der Waals surface area contributed by atoms with E-state index in [0.717, 1.165) is 31.0 Å². The van der Waals surface area contributed by atoms with Gasteiger partial charge in [0.05, 0.1) is 6.54 Å². The average molecular weight is 347 g/mol. The summed E-state index contributed by atoms with van der Waals surface area (Å²) in [5, 5.41) is 25.9. The van der Waals surface area contributed by atoms with Crippen LogP contribution < -0.4 is 15.3 Å². The van der Waals surface area contributed by atoms with E-state index < -0.39 is 13.1 Å². The zero-order chi connectivity index (χ0) is 16.7. The number of hydrogen-bond acceptors (Lipinski definition) is 7. The highest BCUT2D eigenvalue weighted by molar-refractivity contribution is 7.99. The summed E-state index contributed by atoms with van der Waals surface area (Å²) in [5.41, 5.74) is 1.08. The fourth-order valence-corrected chi connectivity index (χ4v) is 4.18. The maximum absolute atomic E-state index is 11.7. The Kier molecular flexibility index (Phi) is 4.05. The van der Waals surface area contributed by atoms with Gasteiger partial charge in [-0.1, -0.05) is 6.07 Å². The van der Waals surface area contributed by atoms with E-state index in [1.165, 1.54) is 11.8 Å². The first-order chi connectivity index (χ1) is 11.6. The van der Waals surface area contributed by atoms with Gasteiger partial charge in [0.2, 0.25) is 0 Å². The van der Waals surface area contributed by atoms with Gasteiger partial charge >= 0.3 is 13.1 Å². The van der Waals surface area contributed by atoms with Crippen LogP contribution in [0.4, 0.5) is 0 Å². The van der Waals surface area contributed by atoms with Crippen molar-refractivity contribution in [2.24, 2.45) is 4.99 Å². The number of nitrogens with one attached hydrogen (secondary N) is 2. The van der Waals surface area contributed by atoms with Crippen LogP contribution in [-0.2, 0) is 0 Å². The van der Waals surface area contributed by atoms with Crippen LogP contribution in [0, 0.1) is 0 Å². The topological polar surface area (TPSA) is 103 Å². The monoisotopic (exact) mass is 347 g/mol. The highest BCUT2D eigenvalue weighted by Crippen LogP contribution is 2.60. The molecule has 0 bridgehead atoms. The third-order valence-electron chi connectivity index (χ3n) is 4.53. The van der Waals surface area contributed by atoms with E-state index in [9.17, 15) is 14.9 Å². The molecular formula is C15H18BN3O4S. The van der Waals surface area contributed by atoms with E-state index in [2.05, 4.69) is 15.6 Å². The van der Waals surface area contributed by atoms with E-state index in [4.69, 9.17) is 4.65 Å². The fraction of sp³-hybridized carbons (Fsp3) is 0.467. The Hall–Kier alpha value is -1.87. The average Bonchev–Trinajstić information content (AvgIpc) is 3.20. The Morgan fingerprint density at radius 3 is 3.17 bits per heavy atom. The predicted octanol–water partition coefficient (Wildman–Crippen LogP) is 0.756. The SMILES string of the molecule is O=C(O)c1c(SCCNC2=NCCN2)ccc2c1OB(O)[C@@H]1C[C@H]21. The van der Waals surface area contributed by atoms with E-state index in [-0.39, 0.29) is 17.3 Å². The molecule has 1 aromatic carbocycles. The summed E-state index contributed by atoms with van der Waals surface area (Å²) in [6.07, 6.45) is 0.860. The van der Waals surface area contributed by atoms with Crippen molar-refractivity contribution in [1.82, 2.24) is 10.6 Å². The summed E-state index contributed by atoms with van der Waals surface area (Å²) in [5.74, 6) is 1.17. The van der Waals surface area contributed by atoms with Gasteiger partial charge in [-0.3, -0.25) is 4.99 Å². The van der Waals surface area contributed by atoms with Gasteiger partial charge in [0.1, 0.15) is 11.3 Å². The van der Waals surface area contributed by atoms with Crippen molar-refractivity contribution in [2.45, 2.75) is 23.1 Å². The number of aliphatic imine (C=N–C) groups is 1.